The molecule has 2 heterocycles. The van der Waals surface area contributed by atoms with Crippen molar-refractivity contribution in [1.29, 1.82) is 0 Å². The largest absolute Gasteiger partial charge is 0.508 e. The molecule has 0 bridgehead atoms. The van der Waals surface area contributed by atoms with Gasteiger partial charge in [-0.15, -0.1) is 22.7 Å². The summed E-state index contributed by atoms with van der Waals surface area (Å²) in [5.41, 5.74) is -0.161. The third-order valence-corrected chi connectivity index (χ3v) is 16.8. The topological polar surface area (TPSA) is 224 Å². The highest BCUT2D eigenvalue weighted by Gasteiger charge is 2.31. The summed E-state index contributed by atoms with van der Waals surface area (Å²) >= 11 is 5.34. The average Bonchev–Trinajstić information content (AvgIpc) is 3.93. The molecule has 2 fully saturated rings. The van der Waals surface area contributed by atoms with E-state index >= 15 is 0 Å². The van der Waals surface area contributed by atoms with Crippen LogP contribution in [0.5, 0.6) is 11.5 Å². The second-order valence-corrected chi connectivity index (χ2v) is 29.6. The zero-order chi connectivity index (χ0) is 54.6. The van der Waals surface area contributed by atoms with Gasteiger partial charge in [-0.05, 0) is 159 Å². The van der Waals surface area contributed by atoms with Crippen molar-refractivity contribution < 1.29 is 45.7 Å². The standard InChI is InChI=1S/C26H39N3O5S2.C23H33N3O5S2.C3H7I/c1-16(2)33-20-12-13-21(23(14-20)36(31,32)29-26(5,6)7)22-15-27-24(35-22)18-8-10-19(11-9-18)28-25(30)34-17(3)4;1-14(2)31-22(28)25-16-8-6-15(7-9-16)21-24-13-19(32-21)18-11-10-17(27)12-20(18)33(29,30)26-23(3,4)5;1-3(2)4/h12-19,29H,8-11H2,1-7H3,(H,28,30);10-16,26-27H,6-9H2,1-5H3,(H,25,28);3H,1-2H3. The molecule has 2 amide bonds. The van der Waals surface area contributed by atoms with Gasteiger partial charge in [-0.1, -0.05) is 36.4 Å². The molecule has 0 atom stereocenters. The lowest BCUT2D eigenvalue weighted by Crippen LogP contribution is -2.40. The highest BCUT2D eigenvalue weighted by Crippen LogP contribution is 2.42. The van der Waals surface area contributed by atoms with Crippen LogP contribution in [0.25, 0.3) is 20.9 Å². The van der Waals surface area contributed by atoms with Crippen LogP contribution < -0.4 is 24.8 Å². The van der Waals surface area contributed by atoms with Gasteiger partial charge in [0.05, 0.1) is 47.9 Å². The van der Waals surface area contributed by atoms with Crippen LogP contribution in [0, 0.1) is 0 Å². The Morgan fingerprint density at radius 2 is 0.986 bits per heavy atom. The van der Waals surface area contributed by atoms with Crippen molar-refractivity contribution in [2.75, 3.05) is 0 Å². The zero-order valence-corrected chi connectivity index (χ0v) is 50.3. The van der Waals surface area contributed by atoms with Crippen LogP contribution in [0.2, 0.25) is 0 Å². The van der Waals surface area contributed by atoms with Crippen molar-refractivity contribution in [1.82, 2.24) is 30.0 Å². The summed E-state index contributed by atoms with van der Waals surface area (Å²) in [5, 5.41) is 17.8. The number of aromatic hydroxyl groups is 1. The van der Waals surface area contributed by atoms with Gasteiger partial charge in [-0.25, -0.2) is 45.8 Å². The van der Waals surface area contributed by atoms with E-state index in [1.165, 1.54) is 34.8 Å². The van der Waals surface area contributed by atoms with E-state index in [4.69, 9.17) is 14.2 Å². The number of nitrogens with zero attached hydrogens (tertiary/aromatic N) is 2. The number of phenolic OH excluding ortho intramolecular Hbond substituents is 1. The first-order chi connectivity index (χ1) is 33.8. The second kappa shape index (κ2) is 26.9. The van der Waals surface area contributed by atoms with Crippen LogP contribution in [-0.4, -0.2) is 89.5 Å². The number of nitrogens with one attached hydrogen (secondary N) is 4. The van der Waals surface area contributed by atoms with Crippen molar-refractivity contribution in [2.24, 2.45) is 0 Å². The minimum atomic E-state index is -3.85. The second-order valence-electron chi connectivity index (χ2n) is 21.6. The van der Waals surface area contributed by atoms with Gasteiger partial charge in [0.2, 0.25) is 20.0 Å². The van der Waals surface area contributed by atoms with E-state index in [1.54, 1.807) is 57.4 Å². The number of alkyl carbamates (subject to hydrolysis) is 2. The number of amides is 2. The molecule has 2 aromatic carbocycles. The molecule has 0 radical (unpaired) electrons. The summed E-state index contributed by atoms with van der Waals surface area (Å²) in [5.74, 6) is 0.932. The number of aromatic nitrogens is 2. The van der Waals surface area contributed by atoms with Gasteiger partial charge < -0.3 is 30.0 Å². The van der Waals surface area contributed by atoms with Crippen LogP contribution in [0.15, 0.2) is 58.6 Å². The Kier molecular flexibility index (Phi) is 22.8. The Hall–Kier alpha value is -3.61. The molecular weight excluding hydrogens is 1120 g/mol. The number of thiazole rings is 2. The summed E-state index contributed by atoms with van der Waals surface area (Å²) in [7, 11) is -7.65. The maximum Gasteiger partial charge on any atom is 0.407 e. The predicted molar refractivity (Wildman–Crippen MR) is 301 cm³/mol. The van der Waals surface area contributed by atoms with Gasteiger partial charge in [0.15, 0.2) is 0 Å². The molecule has 6 rings (SSSR count). The minimum Gasteiger partial charge on any atom is -0.508 e. The van der Waals surface area contributed by atoms with E-state index in [1.807, 2.05) is 62.3 Å². The Morgan fingerprint density at radius 1 is 0.616 bits per heavy atom. The SMILES string of the molecule is CC(C)I.CC(C)OC(=O)NC1CCC(c2ncc(-c3ccc(O)cc3S(=O)(=O)NC(C)(C)C)s2)CC1.CC(C)OC(=O)NC1CCC(c2ncc(-c3ccc(OC(C)C)cc3S(=O)(=O)NC(C)(C)C)s2)CC1. The summed E-state index contributed by atoms with van der Waals surface area (Å²) in [6.45, 7) is 26.2. The number of benzene rings is 2. The van der Waals surface area contributed by atoms with Crippen molar-refractivity contribution in [3.63, 3.8) is 0 Å². The molecule has 16 nitrogen and oxygen atoms in total. The maximum absolute atomic E-state index is 13.4. The van der Waals surface area contributed by atoms with Crippen LogP contribution in [0.3, 0.4) is 0 Å². The number of halogens is 1. The first-order valence-corrected chi connectivity index (χ1v) is 30.9. The molecule has 0 spiro atoms. The minimum absolute atomic E-state index is 0.0317. The lowest BCUT2D eigenvalue weighted by atomic mass is 9.86. The monoisotopic (exact) mass is 1200 g/mol. The predicted octanol–water partition coefficient (Wildman–Crippen LogP) is 12.4. The van der Waals surface area contributed by atoms with Crippen LogP contribution in [0.4, 0.5) is 9.59 Å². The maximum atomic E-state index is 13.4. The normalized spacial score (nSPS) is 18.6. The Labute approximate surface area is 456 Å². The Morgan fingerprint density at radius 3 is 1.34 bits per heavy atom. The number of ether oxygens (including phenoxy) is 3. The van der Waals surface area contributed by atoms with Gasteiger partial charge in [0.25, 0.3) is 0 Å². The summed E-state index contributed by atoms with van der Waals surface area (Å²) < 4.78 is 75.1. The first kappa shape index (κ1) is 61.9. The lowest BCUT2D eigenvalue weighted by Gasteiger charge is -2.28. The highest BCUT2D eigenvalue weighted by molar-refractivity contribution is 14.1. The number of alkyl halides is 1. The fourth-order valence-corrected chi connectivity index (χ4v) is 13.8. The summed E-state index contributed by atoms with van der Waals surface area (Å²) in [6, 6.07) is 9.75. The Balaban J connectivity index is 0.000000296. The number of carbonyl (C=O) groups excluding carboxylic acids is 2. The molecule has 2 saturated carbocycles. The molecule has 2 aliphatic rings. The first-order valence-electron chi connectivity index (χ1n) is 25.0. The quantitative estimate of drug-likeness (QED) is 0.0587. The van der Waals surface area contributed by atoms with E-state index in [2.05, 4.69) is 66.5 Å². The molecule has 5 N–H and O–H groups in total. The van der Waals surface area contributed by atoms with Gasteiger partial charge in [0, 0.05) is 74.6 Å². The van der Waals surface area contributed by atoms with E-state index in [9.17, 15) is 31.5 Å². The van der Waals surface area contributed by atoms with E-state index < -0.39 is 31.1 Å². The average molecular weight is 1200 g/mol. The number of hydrogen-bond acceptors (Lipinski definition) is 14. The molecule has 73 heavy (non-hydrogen) atoms. The summed E-state index contributed by atoms with van der Waals surface area (Å²) in [6.07, 6.45) is 9.28. The number of rotatable bonds is 14. The third kappa shape index (κ3) is 20.8. The summed E-state index contributed by atoms with van der Waals surface area (Å²) in [4.78, 5) is 34.8. The smallest absolute Gasteiger partial charge is 0.407 e. The molecule has 0 saturated heterocycles. The van der Waals surface area contributed by atoms with Gasteiger partial charge in [0.1, 0.15) is 11.5 Å². The van der Waals surface area contributed by atoms with Crippen molar-refractivity contribution >= 4 is 77.5 Å². The van der Waals surface area contributed by atoms with Crippen LogP contribution >= 0.6 is 45.3 Å². The van der Waals surface area contributed by atoms with Crippen LogP contribution in [0.1, 0.15) is 170 Å². The number of hydrogen-bond donors (Lipinski definition) is 5. The molecule has 21 heteroatoms. The van der Waals surface area contributed by atoms with Crippen molar-refractivity contribution in [3.05, 3.63) is 58.8 Å². The molecule has 4 aromatic rings. The van der Waals surface area contributed by atoms with E-state index in [-0.39, 0.29) is 70.0 Å². The van der Waals surface area contributed by atoms with Gasteiger partial charge in [-0.2, -0.15) is 0 Å². The molecule has 2 aliphatic carbocycles. The van der Waals surface area contributed by atoms with Crippen molar-refractivity contribution in [2.45, 2.75) is 215 Å². The number of carbonyl (C=O) groups is 2. The van der Waals surface area contributed by atoms with Crippen LogP contribution in [-0.2, 0) is 29.5 Å². The molecule has 408 valence electrons. The third-order valence-electron chi connectivity index (χ3n) is 10.8. The van der Waals surface area contributed by atoms with Gasteiger partial charge in [-0.3, -0.25) is 0 Å². The molecular formula is C52H79IN6O10S4. The fraction of sp³-hybridized carbons (Fsp3) is 0.615. The van der Waals surface area contributed by atoms with E-state index in [0.29, 0.717) is 16.9 Å². The number of phenols is 1. The highest BCUT2D eigenvalue weighted by atomic mass is 127. The Bertz CT molecular complexity index is 2640. The lowest BCUT2D eigenvalue weighted by molar-refractivity contribution is 0.108. The van der Waals surface area contributed by atoms with Gasteiger partial charge >= 0.3 is 12.2 Å². The molecule has 0 aliphatic heterocycles. The fourth-order valence-electron chi connectivity index (χ4n) is 8.13. The molecule has 0 unspecified atom stereocenters. The van der Waals surface area contributed by atoms with E-state index in [0.717, 1.165) is 75.1 Å². The number of sulfonamides is 2. The van der Waals surface area contributed by atoms with Crippen molar-refractivity contribution in [3.8, 4) is 32.4 Å². The zero-order valence-electron chi connectivity index (χ0n) is 44.9. The molecule has 2 aromatic heterocycles.